The van der Waals surface area contributed by atoms with Gasteiger partial charge in [0.25, 0.3) is 5.56 Å². The minimum absolute atomic E-state index is 0.0348. The number of hydrogen-bond donors (Lipinski definition) is 1. The Balaban J connectivity index is 1.47. The molecular weight excluding hydrogens is 425 g/mol. The maximum atomic E-state index is 14.5. The SMILES string of the molecule is O=C(CCCSc1nc2ccccc2c(=O)n1-c1ccccc1F)NCc1ccccc1. The van der Waals surface area contributed by atoms with Crippen LogP contribution < -0.4 is 10.9 Å². The standard InChI is InChI=1S/C25H22FN3O2S/c26-20-12-5-7-14-22(20)29-24(31)19-11-4-6-13-21(19)28-25(29)32-16-8-15-23(30)27-17-18-9-2-1-3-10-18/h1-7,9-14H,8,15-17H2,(H,27,30). The molecule has 4 aromatic rings. The summed E-state index contributed by atoms with van der Waals surface area (Å²) >= 11 is 1.34. The van der Waals surface area contributed by atoms with E-state index in [0.29, 0.717) is 41.2 Å². The van der Waals surface area contributed by atoms with E-state index in [1.54, 1.807) is 36.4 Å². The van der Waals surface area contributed by atoms with Gasteiger partial charge < -0.3 is 5.32 Å². The van der Waals surface area contributed by atoms with Crippen molar-refractivity contribution in [2.75, 3.05) is 5.75 Å². The van der Waals surface area contributed by atoms with Crippen LogP contribution in [-0.4, -0.2) is 21.2 Å². The summed E-state index contributed by atoms with van der Waals surface area (Å²) in [4.78, 5) is 29.9. The zero-order valence-corrected chi connectivity index (χ0v) is 18.1. The second-order valence-corrected chi connectivity index (χ2v) is 8.28. The van der Waals surface area contributed by atoms with E-state index in [0.717, 1.165) is 5.56 Å². The molecule has 0 atom stereocenters. The van der Waals surface area contributed by atoms with E-state index in [9.17, 15) is 14.0 Å². The van der Waals surface area contributed by atoms with Gasteiger partial charge in [0.15, 0.2) is 5.16 Å². The van der Waals surface area contributed by atoms with Crippen LogP contribution in [-0.2, 0) is 11.3 Å². The minimum Gasteiger partial charge on any atom is -0.352 e. The van der Waals surface area contributed by atoms with Crippen LogP contribution in [0.15, 0.2) is 88.8 Å². The number of aromatic nitrogens is 2. The second-order valence-electron chi connectivity index (χ2n) is 7.22. The number of nitrogens with zero attached hydrogens (tertiary/aromatic N) is 2. The van der Waals surface area contributed by atoms with E-state index >= 15 is 0 Å². The Labute approximate surface area is 189 Å². The van der Waals surface area contributed by atoms with Crippen LogP contribution in [0.5, 0.6) is 0 Å². The van der Waals surface area contributed by atoms with Crippen molar-refractivity contribution in [2.45, 2.75) is 24.5 Å². The summed E-state index contributed by atoms with van der Waals surface area (Å²) in [7, 11) is 0. The Bertz CT molecular complexity index is 1290. The lowest BCUT2D eigenvalue weighted by Crippen LogP contribution is -2.23. The largest absolute Gasteiger partial charge is 0.352 e. The average molecular weight is 448 g/mol. The molecule has 0 fully saturated rings. The van der Waals surface area contributed by atoms with Crippen molar-refractivity contribution in [1.29, 1.82) is 0 Å². The van der Waals surface area contributed by atoms with Crippen LogP contribution in [0, 0.1) is 5.82 Å². The van der Waals surface area contributed by atoms with Crippen molar-refractivity contribution < 1.29 is 9.18 Å². The second kappa shape index (κ2) is 10.2. The van der Waals surface area contributed by atoms with Gasteiger partial charge >= 0.3 is 0 Å². The lowest BCUT2D eigenvalue weighted by Gasteiger charge is -2.13. The van der Waals surface area contributed by atoms with Crippen molar-refractivity contribution in [3.63, 3.8) is 0 Å². The Morgan fingerprint density at radius 2 is 1.69 bits per heavy atom. The number of carbonyl (C=O) groups excluding carboxylic acids is 1. The van der Waals surface area contributed by atoms with Gasteiger partial charge in [-0.05, 0) is 36.2 Å². The van der Waals surface area contributed by atoms with Gasteiger partial charge in [-0.15, -0.1) is 0 Å². The zero-order valence-electron chi connectivity index (χ0n) is 17.3. The van der Waals surface area contributed by atoms with Gasteiger partial charge in [-0.1, -0.05) is 66.4 Å². The highest BCUT2D eigenvalue weighted by molar-refractivity contribution is 7.99. The maximum absolute atomic E-state index is 14.5. The highest BCUT2D eigenvalue weighted by atomic mass is 32.2. The molecule has 1 heterocycles. The monoisotopic (exact) mass is 447 g/mol. The third-order valence-electron chi connectivity index (χ3n) is 4.95. The molecule has 0 radical (unpaired) electrons. The molecule has 32 heavy (non-hydrogen) atoms. The average Bonchev–Trinajstić information content (AvgIpc) is 2.82. The first-order chi connectivity index (χ1) is 15.6. The molecule has 0 aliphatic rings. The fourth-order valence-corrected chi connectivity index (χ4v) is 4.28. The minimum atomic E-state index is -0.492. The number of carbonyl (C=O) groups is 1. The molecule has 162 valence electrons. The van der Waals surface area contributed by atoms with Crippen LogP contribution >= 0.6 is 11.8 Å². The maximum Gasteiger partial charge on any atom is 0.266 e. The fraction of sp³-hybridized carbons (Fsp3) is 0.160. The summed E-state index contributed by atoms with van der Waals surface area (Å²) in [6, 6.07) is 22.9. The molecule has 4 rings (SSSR count). The third-order valence-corrected chi connectivity index (χ3v) is 5.97. The highest BCUT2D eigenvalue weighted by Crippen LogP contribution is 2.23. The summed E-state index contributed by atoms with van der Waals surface area (Å²) in [6.07, 6.45) is 0.961. The first-order valence-electron chi connectivity index (χ1n) is 10.3. The predicted molar refractivity (Wildman–Crippen MR) is 126 cm³/mol. The topological polar surface area (TPSA) is 64.0 Å². The van der Waals surface area contributed by atoms with Gasteiger partial charge in [-0.2, -0.15) is 0 Å². The molecule has 1 aromatic heterocycles. The Kier molecular flexibility index (Phi) is 6.97. The van der Waals surface area contributed by atoms with Gasteiger partial charge in [0.05, 0.1) is 16.6 Å². The van der Waals surface area contributed by atoms with Crippen molar-refractivity contribution in [2.24, 2.45) is 0 Å². The van der Waals surface area contributed by atoms with Crippen LogP contribution in [0.4, 0.5) is 4.39 Å². The molecule has 0 unspecified atom stereocenters. The predicted octanol–water partition coefficient (Wildman–Crippen LogP) is 4.71. The number of hydrogen-bond acceptors (Lipinski definition) is 4. The summed E-state index contributed by atoms with van der Waals surface area (Å²) in [5, 5.41) is 3.74. The number of halogens is 1. The summed E-state index contributed by atoms with van der Waals surface area (Å²) < 4.78 is 15.8. The first kappa shape index (κ1) is 21.8. The number of rotatable bonds is 8. The molecule has 0 aliphatic heterocycles. The molecule has 0 spiro atoms. The van der Waals surface area contributed by atoms with E-state index in [4.69, 9.17) is 0 Å². The van der Waals surface area contributed by atoms with E-state index in [2.05, 4.69) is 10.3 Å². The smallest absolute Gasteiger partial charge is 0.266 e. The molecule has 0 saturated carbocycles. The van der Waals surface area contributed by atoms with E-state index in [1.807, 2.05) is 36.4 Å². The molecule has 0 saturated heterocycles. The quantitative estimate of drug-likeness (QED) is 0.241. The van der Waals surface area contributed by atoms with E-state index in [1.165, 1.54) is 22.4 Å². The molecule has 3 aromatic carbocycles. The van der Waals surface area contributed by atoms with Crippen LogP contribution in [0.1, 0.15) is 18.4 Å². The molecule has 0 aliphatic carbocycles. The van der Waals surface area contributed by atoms with Gasteiger partial charge in [-0.25, -0.2) is 9.37 Å². The van der Waals surface area contributed by atoms with Gasteiger partial charge in [-0.3, -0.25) is 14.2 Å². The van der Waals surface area contributed by atoms with Crippen LogP contribution in [0.2, 0.25) is 0 Å². The molecular formula is C25H22FN3O2S. The lowest BCUT2D eigenvalue weighted by molar-refractivity contribution is -0.121. The summed E-state index contributed by atoms with van der Waals surface area (Å²) in [5.74, 6) is 0.0408. The Hall–Kier alpha value is -3.45. The van der Waals surface area contributed by atoms with Crippen LogP contribution in [0.25, 0.3) is 16.6 Å². The van der Waals surface area contributed by atoms with Crippen molar-refractivity contribution >= 4 is 28.6 Å². The van der Waals surface area contributed by atoms with Crippen molar-refractivity contribution in [1.82, 2.24) is 14.9 Å². The zero-order chi connectivity index (χ0) is 22.3. The lowest BCUT2D eigenvalue weighted by atomic mass is 10.2. The highest BCUT2D eigenvalue weighted by Gasteiger charge is 2.16. The molecule has 5 nitrogen and oxygen atoms in total. The van der Waals surface area contributed by atoms with Gasteiger partial charge in [0.2, 0.25) is 5.91 Å². The molecule has 1 N–H and O–H groups in total. The summed E-state index contributed by atoms with van der Waals surface area (Å²) in [5.41, 5.74) is 1.46. The Morgan fingerprint density at radius 1 is 0.969 bits per heavy atom. The van der Waals surface area contributed by atoms with Gasteiger partial charge in [0, 0.05) is 18.7 Å². The summed E-state index contributed by atoms with van der Waals surface area (Å²) in [6.45, 7) is 0.492. The molecule has 7 heteroatoms. The third kappa shape index (κ3) is 5.06. The normalized spacial score (nSPS) is 10.9. The molecule has 0 bridgehead atoms. The number of thioether (sulfide) groups is 1. The number of fused-ring (bicyclic) bond motifs is 1. The van der Waals surface area contributed by atoms with Gasteiger partial charge in [0.1, 0.15) is 5.82 Å². The first-order valence-corrected chi connectivity index (χ1v) is 11.3. The number of benzene rings is 3. The fourth-order valence-electron chi connectivity index (χ4n) is 3.34. The number of nitrogens with one attached hydrogen (secondary N) is 1. The Morgan fingerprint density at radius 3 is 2.50 bits per heavy atom. The van der Waals surface area contributed by atoms with E-state index in [-0.39, 0.29) is 17.2 Å². The van der Waals surface area contributed by atoms with Crippen molar-refractivity contribution in [3.8, 4) is 5.69 Å². The number of amides is 1. The van der Waals surface area contributed by atoms with Crippen LogP contribution in [0.3, 0.4) is 0 Å². The van der Waals surface area contributed by atoms with E-state index < -0.39 is 5.82 Å². The molecule has 1 amide bonds. The van der Waals surface area contributed by atoms with Crippen molar-refractivity contribution in [3.05, 3.63) is 101 Å². The number of para-hydroxylation sites is 2.